The van der Waals surface area contributed by atoms with Crippen molar-refractivity contribution in [1.29, 1.82) is 0 Å². The van der Waals surface area contributed by atoms with Gasteiger partial charge in [0.1, 0.15) is 0 Å². The van der Waals surface area contributed by atoms with Crippen molar-refractivity contribution in [3.05, 3.63) is 0 Å². The van der Waals surface area contributed by atoms with E-state index in [2.05, 4.69) is 4.90 Å². The van der Waals surface area contributed by atoms with E-state index in [1.807, 2.05) is 0 Å². The van der Waals surface area contributed by atoms with Gasteiger partial charge in [0.05, 0.1) is 11.5 Å². The zero-order chi connectivity index (χ0) is 12.3. The maximum atomic E-state index is 11.5. The highest BCUT2D eigenvalue weighted by Gasteiger charge is 2.41. The minimum absolute atomic E-state index is 0.283. The van der Waals surface area contributed by atoms with Crippen molar-refractivity contribution < 1.29 is 15.0 Å². The lowest BCUT2D eigenvalue weighted by atomic mass is 9.71. The van der Waals surface area contributed by atoms with Crippen molar-refractivity contribution >= 4 is 5.97 Å². The number of aliphatic hydroxyl groups excluding tert-OH is 1. The molecule has 0 spiro atoms. The predicted octanol–water partition coefficient (Wildman–Crippen LogP) is 1.48. The van der Waals surface area contributed by atoms with E-state index >= 15 is 0 Å². The molecule has 0 amide bonds. The molecule has 2 N–H and O–H groups in total. The molecular formula is C13H23NO3. The van der Waals surface area contributed by atoms with E-state index in [1.54, 1.807) is 0 Å². The first-order chi connectivity index (χ1) is 8.12. The van der Waals surface area contributed by atoms with E-state index in [0.29, 0.717) is 25.7 Å². The Kier molecular flexibility index (Phi) is 4.05. The van der Waals surface area contributed by atoms with E-state index in [1.165, 1.54) is 12.8 Å². The second-order valence-electron chi connectivity index (χ2n) is 5.62. The smallest absolute Gasteiger partial charge is 0.309 e. The fourth-order valence-corrected chi connectivity index (χ4v) is 3.10. The van der Waals surface area contributed by atoms with Crippen LogP contribution < -0.4 is 0 Å². The first kappa shape index (κ1) is 12.8. The average Bonchev–Trinajstić information content (AvgIpc) is 2.81. The number of hydrogen-bond donors (Lipinski definition) is 2. The quantitative estimate of drug-likeness (QED) is 0.782. The number of likely N-dealkylation sites (tertiary alicyclic amines) is 1. The van der Waals surface area contributed by atoms with Gasteiger partial charge < -0.3 is 15.1 Å². The molecule has 4 heteroatoms. The van der Waals surface area contributed by atoms with Gasteiger partial charge in [-0.05, 0) is 64.6 Å². The summed E-state index contributed by atoms with van der Waals surface area (Å²) in [5, 5.41) is 18.9. The maximum Gasteiger partial charge on any atom is 0.309 e. The summed E-state index contributed by atoms with van der Waals surface area (Å²) in [6.07, 6.45) is 5.52. The first-order valence-corrected chi connectivity index (χ1v) is 6.76. The Bertz CT molecular complexity index is 266. The average molecular weight is 241 g/mol. The first-order valence-electron chi connectivity index (χ1n) is 6.76. The van der Waals surface area contributed by atoms with Crippen LogP contribution in [0.3, 0.4) is 0 Å². The van der Waals surface area contributed by atoms with Gasteiger partial charge in [0.2, 0.25) is 0 Å². The van der Waals surface area contributed by atoms with Crippen molar-refractivity contribution in [2.75, 3.05) is 19.6 Å². The summed E-state index contributed by atoms with van der Waals surface area (Å²) in [7, 11) is 0. The summed E-state index contributed by atoms with van der Waals surface area (Å²) in [5.74, 6) is -0.663. The van der Waals surface area contributed by atoms with Crippen LogP contribution >= 0.6 is 0 Å². The van der Waals surface area contributed by atoms with Crippen LogP contribution in [-0.2, 0) is 4.79 Å². The fourth-order valence-electron chi connectivity index (χ4n) is 3.10. The van der Waals surface area contributed by atoms with Gasteiger partial charge in [-0.15, -0.1) is 0 Å². The number of hydrogen-bond acceptors (Lipinski definition) is 3. The van der Waals surface area contributed by atoms with Crippen LogP contribution in [0, 0.1) is 5.41 Å². The van der Waals surface area contributed by atoms with E-state index in [0.717, 1.165) is 26.1 Å². The highest BCUT2D eigenvalue weighted by atomic mass is 16.4. The van der Waals surface area contributed by atoms with Gasteiger partial charge >= 0.3 is 5.97 Å². The van der Waals surface area contributed by atoms with Gasteiger partial charge in [-0.2, -0.15) is 0 Å². The van der Waals surface area contributed by atoms with Crippen LogP contribution in [0.25, 0.3) is 0 Å². The van der Waals surface area contributed by atoms with Gasteiger partial charge in [0.25, 0.3) is 0 Å². The highest BCUT2D eigenvalue weighted by Crippen LogP contribution is 2.40. The number of aliphatic carboxylic acids is 1. The summed E-state index contributed by atoms with van der Waals surface area (Å²) in [4.78, 5) is 13.9. The number of aliphatic hydroxyl groups is 1. The molecule has 17 heavy (non-hydrogen) atoms. The van der Waals surface area contributed by atoms with Crippen molar-refractivity contribution in [3.63, 3.8) is 0 Å². The normalized spacial score (nSPS) is 35.0. The number of carboxylic acid groups (broad SMARTS) is 1. The van der Waals surface area contributed by atoms with Crippen LogP contribution in [-0.4, -0.2) is 46.8 Å². The second kappa shape index (κ2) is 5.36. The molecular weight excluding hydrogens is 218 g/mol. The Morgan fingerprint density at radius 1 is 1.24 bits per heavy atom. The molecule has 1 aliphatic carbocycles. The Balaban J connectivity index is 1.89. The molecule has 4 nitrogen and oxygen atoms in total. The zero-order valence-corrected chi connectivity index (χ0v) is 10.4. The Morgan fingerprint density at radius 2 is 1.82 bits per heavy atom. The molecule has 2 fully saturated rings. The van der Waals surface area contributed by atoms with Crippen LogP contribution in [0.15, 0.2) is 0 Å². The largest absolute Gasteiger partial charge is 0.481 e. The molecule has 1 saturated carbocycles. The number of carbonyl (C=O) groups is 1. The highest BCUT2D eigenvalue weighted by molar-refractivity contribution is 5.74. The topological polar surface area (TPSA) is 60.8 Å². The van der Waals surface area contributed by atoms with Crippen LogP contribution in [0.4, 0.5) is 0 Å². The Labute approximate surface area is 103 Å². The lowest BCUT2D eigenvalue weighted by Crippen LogP contribution is -2.39. The summed E-state index contributed by atoms with van der Waals surface area (Å²) in [6, 6.07) is 0. The lowest BCUT2D eigenvalue weighted by Gasteiger charge is -2.36. The van der Waals surface area contributed by atoms with Gasteiger partial charge in [-0.1, -0.05) is 0 Å². The third kappa shape index (κ3) is 2.99. The van der Waals surface area contributed by atoms with Gasteiger partial charge in [-0.25, -0.2) is 0 Å². The van der Waals surface area contributed by atoms with Crippen molar-refractivity contribution in [2.45, 2.75) is 51.0 Å². The minimum Gasteiger partial charge on any atom is -0.481 e. The number of nitrogens with zero attached hydrogens (tertiary/aromatic N) is 1. The number of rotatable bonds is 4. The molecule has 1 saturated heterocycles. The van der Waals surface area contributed by atoms with E-state index in [9.17, 15) is 15.0 Å². The molecule has 0 radical (unpaired) electrons. The lowest BCUT2D eigenvalue weighted by molar-refractivity contribution is -0.153. The monoisotopic (exact) mass is 241 g/mol. The molecule has 1 heterocycles. The standard InChI is InChI=1S/C13H23NO3/c15-11-3-5-13(6-4-11,12(16)17)7-10-14-8-1-2-9-14/h11,15H,1-10H2,(H,16,17). The zero-order valence-electron chi connectivity index (χ0n) is 10.4. The summed E-state index contributed by atoms with van der Waals surface area (Å²) in [6.45, 7) is 3.15. The van der Waals surface area contributed by atoms with E-state index < -0.39 is 11.4 Å². The van der Waals surface area contributed by atoms with Crippen molar-refractivity contribution in [2.24, 2.45) is 5.41 Å². The predicted molar refractivity (Wildman–Crippen MR) is 64.8 cm³/mol. The maximum absolute atomic E-state index is 11.5. The van der Waals surface area contributed by atoms with Crippen molar-refractivity contribution in [3.8, 4) is 0 Å². The Morgan fingerprint density at radius 3 is 2.35 bits per heavy atom. The molecule has 0 aromatic heterocycles. The SMILES string of the molecule is O=C(O)C1(CCN2CCCC2)CCC(O)CC1. The third-order valence-corrected chi connectivity index (χ3v) is 4.47. The summed E-state index contributed by atoms with van der Waals surface area (Å²) in [5.41, 5.74) is -0.568. The molecule has 0 aromatic carbocycles. The fraction of sp³-hybridized carbons (Fsp3) is 0.923. The molecule has 1 aliphatic heterocycles. The molecule has 2 aliphatic rings. The molecule has 0 bridgehead atoms. The molecule has 2 rings (SSSR count). The summed E-state index contributed by atoms with van der Waals surface area (Å²) < 4.78 is 0. The Hall–Kier alpha value is -0.610. The summed E-state index contributed by atoms with van der Waals surface area (Å²) >= 11 is 0. The molecule has 0 unspecified atom stereocenters. The van der Waals surface area contributed by atoms with Crippen LogP contribution in [0.1, 0.15) is 44.9 Å². The molecule has 0 aromatic rings. The van der Waals surface area contributed by atoms with Crippen LogP contribution in [0.5, 0.6) is 0 Å². The van der Waals surface area contributed by atoms with Gasteiger partial charge in [-0.3, -0.25) is 4.79 Å². The van der Waals surface area contributed by atoms with E-state index in [-0.39, 0.29) is 6.10 Å². The third-order valence-electron chi connectivity index (χ3n) is 4.47. The molecule has 0 atom stereocenters. The molecule has 98 valence electrons. The number of carboxylic acids is 1. The van der Waals surface area contributed by atoms with Gasteiger partial charge in [0, 0.05) is 0 Å². The minimum atomic E-state index is -0.663. The van der Waals surface area contributed by atoms with Gasteiger partial charge in [0.15, 0.2) is 0 Å². The second-order valence-corrected chi connectivity index (χ2v) is 5.62. The van der Waals surface area contributed by atoms with Crippen molar-refractivity contribution in [1.82, 2.24) is 4.90 Å². The van der Waals surface area contributed by atoms with E-state index in [4.69, 9.17) is 0 Å². The van der Waals surface area contributed by atoms with Crippen LogP contribution in [0.2, 0.25) is 0 Å².